The molecule has 0 saturated carbocycles. The number of nitrogen functional groups attached to an aromatic ring is 1. The maximum Gasteiger partial charge on any atom is 0.254 e. The predicted molar refractivity (Wildman–Crippen MR) is 141 cm³/mol. The van der Waals surface area contributed by atoms with Gasteiger partial charge in [-0.2, -0.15) is 0 Å². The Morgan fingerprint density at radius 2 is 1.72 bits per heavy atom. The average Bonchev–Trinajstić information content (AvgIpc) is 2.91. The third kappa shape index (κ3) is 5.15. The van der Waals surface area contributed by atoms with Crippen LogP contribution >= 0.6 is 0 Å². The number of aromatic nitrogens is 2. The summed E-state index contributed by atoms with van der Waals surface area (Å²) >= 11 is 0. The van der Waals surface area contributed by atoms with Crippen molar-refractivity contribution >= 4 is 28.3 Å². The van der Waals surface area contributed by atoms with Crippen LogP contribution in [-0.4, -0.2) is 15.9 Å². The second-order valence-corrected chi connectivity index (χ2v) is 8.38. The number of pyridine rings is 2. The summed E-state index contributed by atoms with van der Waals surface area (Å²) in [6.07, 6.45) is 1.77. The Bertz CT molecular complexity index is 1540. The van der Waals surface area contributed by atoms with E-state index in [1.54, 1.807) is 24.4 Å². The normalized spacial score (nSPS) is 10.8. The Hall–Kier alpha value is -4.78. The zero-order valence-corrected chi connectivity index (χ0v) is 19.4. The van der Waals surface area contributed by atoms with E-state index in [0.717, 1.165) is 22.0 Å². The summed E-state index contributed by atoms with van der Waals surface area (Å²) in [5.41, 5.74) is 10.6. The quantitative estimate of drug-likeness (QED) is 0.285. The second-order valence-electron chi connectivity index (χ2n) is 8.38. The summed E-state index contributed by atoms with van der Waals surface area (Å²) in [4.78, 5) is 21.4. The van der Waals surface area contributed by atoms with Crippen LogP contribution in [0, 0.1) is 5.82 Å². The Kier molecular flexibility index (Phi) is 6.53. The van der Waals surface area contributed by atoms with Gasteiger partial charge in [0.05, 0.1) is 22.5 Å². The van der Waals surface area contributed by atoms with Crippen molar-refractivity contribution in [3.05, 3.63) is 120 Å². The number of amides is 1. The molecule has 1 amide bonds. The van der Waals surface area contributed by atoms with Crippen molar-refractivity contribution < 1.29 is 9.18 Å². The van der Waals surface area contributed by atoms with Crippen LogP contribution in [-0.2, 0) is 13.1 Å². The maximum absolute atomic E-state index is 14.9. The summed E-state index contributed by atoms with van der Waals surface area (Å²) in [5, 5.41) is 7.07. The van der Waals surface area contributed by atoms with Gasteiger partial charge in [-0.1, -0.05) is 48.5 Å². The van der Waals surface area contributed by atoms with E-state index in [4.69, 9.17) is 5.73 Å². The molecule has 6 nitrogen and oxygen atoms in total. The second kappa shape index (κ2) is 10.2. The first-order valence-electron chi connectivity index (χ1n) is 11.5. The molecule has 3 aromatic carbocycles. The van der Waals surface area contributed by atoms with E-state index >= 15 is 0 Å². The van der Waals surface area contributed by atoms with Gasteiger partial charge in [0.2, 0.25) is 0 Å². The fraction of sp³-hybridized carbons (Fsp3) is 0.0690. The third-order valence-corrected chi connectivity index (χ3v) is 5.86. The Balaban J connectivity index is 1.30. The van der Waals surface area contributed by atoms with Gasteiger partial charge in [-0.05, 0) is 53.6 Å². The van der Waals surface area contributed by atoms with Gasteiger partial charge >= 0.3 is 0 Å². The molecule has 0 aliphatic rings. The van der Waals surface area contributed by atoms with Gasteiger partial charge in [0.15, 0.2) is 0 Å². The summed E-state index contributed by atoms with van der Waals surface area (Å²) in [5.74, 6) is -0.582. The molecule has 0 saturated heterocycles. The molecule has 0 aliphatic heterocycles. The minimum Gasteiger partial charge on any atom is -0.396 e. The molecule has 2 aromatic heterocycles. The molecule has 0 fully saturated rings. The summed E-state index contributed by atoms with van der Waals surface area (Å²) in [6, 6.07) is 27.3. The Morgan fingerprint density at radius 3 is 2.56 bits per heavy atom. The van der Waals surface area contributed by atoms with Gasteiger partial charge < -0.3 is 16.4 Å². The SMILES string of the molecule is Nc1ccc(-c2ccc(C(=O)NCc3ccccc3)c(F)c2)nc1NCc1ccc2ncccc2c1. The maximum atomic E-state index is 14.9. The number of nitrogens with two attached hydrogens (primary N) is 1. The highest BCUT2D eigenvalue weighted by molar-refractivity contribution is 5.95. The van der Waals surface area contributed by atoms with Crippen LogP contribution < -0.4 is 16.4 Å². The molecular formula is C29H24FN5O. The van der Waals surface area contributed by atoms with E-state index in [2.05, 4.69) is 26.7 Å². The van der Waals surface area contributed by atoms with Crippen molar-refractivity contribution in [2.24, 2.45) is 0 Å². The van der Waals surface area contributed by atoms with Crippen molar-refractivity contribution in [1.82, 2.24) is 15.3 Å². The van der Waals surface area contributed by atoms with Gasteiger partial charge in [0, 0.05) is 30.2 Å². The van der Waals surface area contributed by atoms with E-state index in [1.807, 2.05) is 54.6 Å². The smallest absolute Gasteiger partial charge is 0.254 e. The van der Waals surface area contributed by atoms with Crippen LogP contribution in [0.1, 0.15) is 21.5 Å². The van der Waals surface area contributed by atoms with Crippen LogP contribution in [0.5, 0.6) is 0 Å². The standard InChI is InChI=1S/C29H24FN5O/c30-24-16-22(9-10-23(24)29(36)34-17-19-5-2-1-3-6-19)27-13-11-25(31)28(35-27)33-18-20-8-12-26-21(15-20)7-4-14-32-26/h1-16H,17-18,31H2,(H,33,35)(H,34,36). The Labute approximate surface area is 208 Å². The van der Waals surface area contributed by atoms with Crippen LogP contribution in [0.15, 0.2) is 97.2 Å². The molecule has 0 unspecified atom stereocenters. The number of carbonyl (C=O) groups excluding carboxylic acids is 1. The minimum atomic E-state index is -0.615. The van der Waals surface area contributed by atoms with Crippen LogP contribution in [0.4, 0.5) is 15.9 Å². The topological polar surface area (TPSA) is 92.9 Å². The molecule has 5 rings (SSSR count). The molecule has 36 heavy (non-hydrogen) atoms. The summed E-state index contributed by atoms with van der Waals surface area (Å²) in [7, 11) is 0. The average molecular weight is 478 g/mol. The zero-order valence-electron chi connectivity index (χ0n) is 19.4. The molecule has 4 N–H and O–H groups in total. The summed E-state index contributed by atoms with van der Waals surface area (Å²) < 4.78 is 14.9. The van der Waals surface area contributed by atoms with Gasteiger partial charge in [0.25, 0.3) is 5.91 Å². The highest BCUT2D eigenvalue weighted by Crippen LogP contribution is 2.26. The van der Waals surface area contributed by atoms with Crippen molar-refractivity contribution in [3.63, 3.8) is 0 Å². The number of nitrogens with zero attached hydrogens (tertiary/aromatic N) is 2. The highest BCUT2D eigenvalue weighted by atomic mass is 19.1. The summed E-state index contributed by atoms with van der Waals surface area (Å²) in [6.45, 7) is 0.837. The lowest BCUT2D eigenvalue weighted by molar-refractivity contribution is 0.0947. The van der Waals surface area contributed by atoms with Crippen LogP contribution in [0.3, 0.4) is 0 Å². The molecule has 178 valence electrons. The first-order chi connectivity index (χ1) is 17.6. The third-order valence-electron chi connectivity index (χ3n) is 5.86. The van der Waals surface area contributed by atoms with E-state index in [0.29, 0.717) is 35.9 Å². The lowest BCUT2D eigenvalue weighted by atomic mass is 10.1. The number of nitrogens with one attached hydrogen (secondary N) is 2. The van der Waals surface area contributed by atoms with Crippen LogP contribution in [0.25, 0.3) is 22.2 Å². The number of anilines is 2. The van der Waals surface area contributed by atoms with Gasteiger partial charge in [-0.25, -0.2) is 9.37 Å². The number of halogens is 1. The van der Waals surface area contributed by atoms with Crippen LogP contribution in [0.2, 0.25) is 0 Å². The Morgan fingerprint density at radius 1 is 0.861 bits per heavy atom. The molecule has 0 radical (unpaired) electrons. The van der Waals surface area contributed by atoms with Gasteiger partial charge in [0.1, 0.15) is 11.6 Å². The molecule has 5 aromatic rings. The molecular weight excluding hydrogens is 453 g/mol. The van der Waals surface area contributed by atoms with Crippen molar-refractivity contribution in [3.8, 4) is 11.3 Å². The first-order valence-corrected chi connectivity index (χ1v) is 11.5. The lowest BCUT2D eigenvalue weighted by Crippen LogP contribution is -2.23. The number of fused-ring (bicyclic) bond motifs is 1. The lowest BCUT2D eigenvalue weighted by Gasteiger charge is -2.12. The number of carbonyl (C=O) groups is 1. The molecule has 7 heteroatoms. The van der Waals surface area contributed by atoms with E-state index in [9.17, 15) is 9.18 Å². The van der Waals surface area contributed by atoms with Crippen molar-refractivity contribution in [2.45, 2.75) is 13.1 Å². The highest BCUT2D eigenvalue weighted by Gasteiger charge is 2.14. The van der Waals surface area contributed by atoms with Gasteiger partial charge in [-0.15, -0.1) is 0 Å². The van der Waals surface area contributed by atoms with E-state index < -0.39 is 11.7 Å². The molecule has 0 bridgehead atoms. The number of hydrogen-bond donors (Lipinski definition) is 3. The molecule has 0 aliphatic carbocycles. The number of rotatable bonds is 7. The van der Waals surface area contributed by atoms with Crippen molar-refractivity contribution in [2.75, 3.05) is 11.1 Å². The monoisotopic (exact) mass is 477 g/mol. The first kappa shape index (κ1) is 23.0. The largest absolute Gasteiger partial charge is 0.396 e. The molecule has 0 atom stereocenters. The van der Waals surface area contributed by atoms with Gasteiger partial charge in [-0.3, -0.25) is 9.78 Å². The number of benzene rings is 3. The molecule has 0 spiro atoms. The predicted octanol–water partition coefficient (Wildman–Crippen LogP) is 5.56. The number of hydrogen-bond acceptors (Lipinski definition) is 5. The zero-order chi connectivity index (χ0) is 24.9. The van der Waals surface area contributed by atoms with E-state index in [-0.39, 0.29) is 5.56 Å². The fourth-order valence-corrected chi connectivity index (χ4v) is 3.93. The van der Waals surface area contributed by atoms with E-state index in [1.165, 1.54) is 12.1 Å². The minimum absolute atomic E-state index is 0.0192. The molecule has 2 heterocycles. The fourth-order valence-electron chi connectivity index (χ4n) is 3.93. The van der Waals surface area contributed by atoms with Crippen molar-refractivity contribution in [1.29, 1.82) is 0 Å².